The van der Waals surface area contributed by atoms with Crippen LogP contribution in [0.25, 0.3) is 0 Å². The molecule has 1 fully saturated rings. The zero-order chi connectivity index (χ0) is 9.57. The first-order chi connectivity index (χ1) is 5.34. The van der Waals surface area contributed by atoms with Crippen molar-refractivity contribution in [1.29, 1.82) is 0 Å². The Morgan fingerprint density at radius 1 is 1.75 bits per heavy atom. The summed E-state index contributed by atoms with van der Waals surface area (Å²) in [6, 6.07) is 0. The largest absolute Gasteiger partial charge is 0.480 e. The van der Waals surface area contributed by atoms with Gasteiger partial charge in [0.2, 0.25) is 0 Å². The molecule has 6 heteroatoms. The van der Waals surface area contributed by atoms with Gasteiger partial charge in [-0.25, -0.2) is 8.42 Å². The molecule has 0 aromatic rings. The fourth-order valence-electron chi connectivity index (χ4n) is 1.12. The zero-order valence-corrected chi connectivity index (χ0v) is 7.47. The third-order valence-corrected chi connectivity index (χ3v) is 4.43. The summed E-state index contributed by atoms with van der Waals surface area (Å²) in [6.45, 7) is 1.48. The molecule has 12 heavy (non-hydrogen) atoms. The average Bonchev–Trinajstić information content (AvgIpc) is 2.65. The number of carboxylic acids is 1. The first-order valence-electron chi connectivity index (χ1n) is 3.58. The predicted octanol–water partition coefficient (Wildman–Crippen LogP) is -1.02. The lowest BCUT2D eigenvalue weighted by Crippen LogP contribution is -2.39. The normalized spacial score (nSPS) is 34.7. The lowest BCUT2D eigenvalue weighted by molar-refractivity contribution is -0.139. The molecule has 0 radical (unpaired) electrons. The summed E-state index contributed by atoms with van der Waals surface area (Å²) in [5, 5.41) is 7.67. The van der Waals surface area contributed by atoms with Crippen LogP contribution in [-0.4, -0.2) is 36.0 Å². The van der Waals surface area contributed by atoms with Crippen LogP contribution in [0.2, 0.25) is 0 Å². The van der Waals surface area contributed by atoms with E-state index in [-0.39, 0.29) is 12.2 Å². The Kier molecular flexibility index (Phi) is 1.92. The molecular weight excluding hydrogens is 182 g/mol. The molecule has 2 atom stereocenters. The minimum atomic E-state index is -3.28. The van der Waals surface area contributed by atoms with Crippen molar-refractivity contribution in [3.05, 3.63) is 0 Å². The van der Waals surface area contributed by atoms with Crippen molar-refractivity contribution in [3.8, 4) is 0 Å². The standard InChI is InChI=1S/C6H11NO4S/c1-2-12(10,11)4-3-6(4,7)5(8)9/h4H,2-3,7H2,1H3,(H,8,9). The van der Waals surface area contributed by atoms with Crippen molar-refractivity contribution >= 4 is 15.8 Å². The van der Waals surface area contributed by atoms with Crippen molar-refractivity contribution in [1.82, 2.24) is 0 Å². The van der Waals surface area contributed by atoms with Gasteiger partial charge in [0.1, 0.15) is 5.54 Å². The van der Waals surface area contributed by atoms with Gasteiger partial charge in [-0.3, -0.25) is 4.79 Å². The first-order valence-corrected chi connectivity index (χ1v) is 5.30. The van der Waals surface area contributed by atoms with Gasteiger partial charge in [0.05, 0.1) is 5.25 Å². The van der Waals surface area contributed by atoms with E-state index in [1.165, 1.54) is 6.92 Å². The second-order valence-electron chi connectivity index (χ2n) is 2.99. The Hall–Kier alpha value is -0.620. The number of sulfone groups is 1. The van der Waals surface area contributed by atoms with E-state index < -0.39 is 26.6 Å². The van der Waals surface area contributed by atoms with Crippen LogP contribution in [0.1, 0.15) is 13.3 Å². The number of carbonyl (C=O) groups is 1. The summed E-state index contributed by atoms with van der Waals surface area (Å²) in [5.41, 5.74) is 3.80. The summed E-state index contributed by atoms with van der Waals surface area (Å²) in [6.07, 6.45) is 0.0402. The van der Waals surface area contributed by atoms with Crippen LogP contribution in [-0.2, 0) is 14.6 Å². The van der Waals surface area contributed by atoms with E-state index in [2.05, 4.69) is 0 Å². The maximum atomic E-state index is 11.1. The summed E-state index contributed by atoms with van der Waals surface area (Å²) in [4.78, 5) is 10.5. The highest BCUT2D eigenvalue weighted by atomic mass is 32.2. The monoisotopic (exact) mass is 193 g/mol. The zero-order valence-electron chi connectivity index (χ0n) is 6.65. The minimum absolute atomic E-state index is 0.0402. The van der Waals surface area contributed by atoms with Gasteiger partial charge in [-0.1, -0.05) is 6.92 Å². The van der Waals surface area contributed by atoms with Crippen molar-refractivity contribution < 1.29 is 18.3 Å². The number of aliphatic carboxylic acids is 1. The van der Waals surface area contributed by atoms with Gasteiger partial charge >= 0.3 is 5.97 Å². The van der Waals surface area contributed by atoms with Crippen LogP contribution in [0.3, 0.4) is 0 Å². The molecule has 0 aliphatic heterocycles. The highest BCUT2D eigenvalue weighted by Crippen LogP contribution is 2.40. The van der Waals surface area contributed by atoms with E-state index in [1.54, 1.807) is 0 Å². The number of nitrogens with two attached hydrogens (primary N) is 1. The summed E-state index contributed by atoms with van der Waals surface area (Å²) >= 11 is 0. The highest BCUT2D eigenvalue weighted by molar-refractivity contribution is 7.92. The third-order valence-electron chi connectivity index (χ3n) is 2.17. The molecule has 5 nitrogen and oxygen atoms in total. The van der Waals surface area contributed by atoms with Crippen molar-refractivity contribution in [2.75, 3.05) is 5.75 Å². The van der Waals surface area contributed by atoms with Gasteiger partial charge in [-0.05, 0) is 6.42 Å². The van der Waals surface area contributed by atoms with Gasteiger partial charge < -0.3 is 10.8 Å². The van der Waals surface area contributed by atoms with Crippen molar-refractivity contribution in [2.45, 2.75) is 24.1 Å². The van der Waals surface area contributed by atoms with Crippen LogP contribution in [0.4, 0.5) is 0 Å². The van der Waals surface area contributed by atoms with Gasteiger partial charge in [0, 0.05) is 5.75 Å². The van der Waals surface area contributed by atoms with Gasteiger partial charge in [-0.15, -0.1) is 0 Å². The van der Waals surface area contributed by atoms with Gasteiger partial charge in [-0.2, -0.15) is 0 Å². The molecule has 3 N–H and O–H groups in total. The number of hydrogen-bond acceptors (Lipinski definition) is 4. The molecule has 1 rings (SSSR count). The summed E-state index contributed by atoms with van der Waals surface area (Å²) < 4.78 is 22.3. The predicted molar refractivity (Wildman–Crippen MR) is 42.4 cm³/mol. The molecule has 0 aromatic carbocycles. The quantitative estimate of drug-likeness (QED) is 0.597. The van der Waals surface area contributed by atoms with Crippen LogP contribution >= 0.6 is 0 Å². The lowest BCUT2D eigenvalue weighted by Gasteiger charge is -2.04. The van der Waals surface area contributed by atoms with Crippen LogP contribution in [0.5, 0.6) is 0 Å². The Morgan fingerprint density at radius 3 is 2.50 bits per heavy atom. The molecule has 1 aliphatic carbocycles. The van der Waals surface area contributed by atoms with E-state index in [0.717, 1.165) is 0 Å². The molecule has 0 spiro atoms. The van der Waals surface area contributed by atoms with Crippen LogP contribution < -0.4 is 5.73 Å². The number of carboxylic acid groups (broad SMARTS) is 1. The van der Waals surface area contributed by atoms with E-state index in [1.807, 2.05) is 0 Å². The molecule has 0 amide bonds. The van der Waals surface area contributed by atoms with E-state index in [0.29, 0.717) is 0 Å². The number of hydrogen-bond donors (Lipinski definition) is 2. The average molecular weight is 193 g/mol. The Balaban J connectivity index is 2.83. The molecule has 0 bridgehead atoms. The van der Waals surface area contributed by atoms with E-state index in [4.69, 9.17) is 10.8 Å². The molecule has 0 heterocycles. The summed E-state index contributed by atoms with van der Waals surface area (Å²) in [5.74, 6) is -1.28. The topological polar surface area (TPSA) is 97.5 Å². The van der Waals surface area contributed by atoms with E-state index >= 15 is 0 Å². The third kappa shape index (κ3) is 1.21. The highest BCUT2D eigenvalue weighted by Gasteiger charge is 2.63. The Morgan fingerprint density at radius 2 is 2.25 bits per heavy atom. The fraction of sp³-hybridized carbons (Fsp3) is 0.833. The molecule has 0 saturated heterocycles. The smallest absolute Gasteiger partial charge is 0.325 e. The fourth-order valence-corrected chi connectivity index (χ4v) is 2.80. The van der Waals surface area contributed by atoms with Crippen molar-refractivity contribution in [3.63, 3.8) is 0 Å². The second-order valence-corrected chi connectivity index (χ2v) is 5.46. The van der Waals surface area contributed by atoms with Crippen LogP contribution in [0.15, 0.2) is 0 Å². The molecular formula is C6H11NO4S. The van der Waals surface area contributed by atoms with E-state index in [9.17, 15) is 13.2 Å². The molecule has 1 aliphatic rings. The first kappa shape index (κ1) is 9.47. The molecule has 70 valence electrons. The Labute approximate surface area is 70.5 Å². The molecule has 0 aromatic heterocycles. The summed E-state index contributed by atoms with van der Waals surface area (Å²) in [7, 11) is -3.28. The number of rotatable bonds is 3. The lowest BCUT2D eigenvalue weighted by atomic mass is 10.3. The molecule has 1 saturated carbocycles. The maximum Gasteiger partial charge on any atom is 0.325 e. The molecule has 2 unspecified atom stereocenters. The SMILES string of the molecule is CCS(=O)(=O)C1CC1(N)C(=O)O. The second kappa shape index (κ2) is 2.43. The van der Waals surface area contributed by atoms with Gasteiger partial charge in [0.25, 0.3) is 0 Å². The van der Waals surface area contributed by atoms with Crippen molar-refractivity contribution in [2.24, 2.45) is 5.73 Å². The minimum Gasteiger partial charge on any atom is -0.480 e. The maximum absolute atomic E-state index is 11.1. The Bertz CT molecular complexity index is 310. The van der Waals surface area contributed by atoms with Crippen LogP contribution in [0, 0.1) is 0 Å². The van der Waals surface area contributed by atoms with Gasteiger partial charge in [0.15, 0.2) is 9.84 Å².